The zero-order chi connectivity index (χ0) is 19.1. The lowest BCUT2D eigenvalue weighted by molar-refractivity contribution is -0.140. The average molecular weight is 352 g/mol. The normalized spacial score (nSPS) is 11.7. The van der Waals surface area contributed by atoms with Gasteiger partial charge in [0.2, 0.25) is 11.8 Å². The predicted molar refractivity (Wildman–Crippen MR) is 105 cm³/mol. The van der Waals surface area contributed by atoms with Crippen molar-refractivity contribution in [2.24, 2.45) is 0 Å². The SMILES string of the molecule is CCNC(=O)[C@H](C)N(Cc1ccc(C)cc1)C(=O)Cc1ccccc1C. The standard InChI is InChI=1S/C22H28N2O2/c1-5-23-22(26)18(4)24(15-19-12-10-16(2)11-13-19)21(25)14-20-9-7-6-8-17(20)3/h6-13,18H,5,14-15H2,1-4H3,(H,23,26)/t18-/m0/s1. The highest BCUT2D eigenvalue weighted by atomic mass is 16.2. The van der Waals surface area contributed by atoms with E-state index in [9.17, 15) is 9.59 Å². The van der Waals surface area contributed by atoms with Crippen molar-refractivity contribution in [3.05, 3.63) is 70.8 Å². The van der Waals surface area contributed by atoms with Gasteiger partial charge in [-0.25, -0.2) is 0 Å². The van der Waals surface area contributed by atoms with E-state index in [4.69, 9.17) is 0 Å². The molecule has 26 heavy (non-hydrogen) atoms. The number of hydrogen-bond donors (Lipinski definition) is 1. The molecular formula is C22H28N2O2. The highest BCUT2D eigenvalue weighted by molar-refractivity contribution is 5.88. The van der Waals surface area contributed by atoms with Crippen LogP contribution in [-0.2, 0) is 22.6 Å². The second-order valence-electron chi connectivity index (χ2n) is 6.68. The zero-order valence-corrected chi connectivity index (χ0v) is 16.1. The number of hydrogen-bond acceptors (Lipinski definition) is 2. The summed E-state index contributed by atoms with van der Waals surface area (Å²) in [6.07, 6.45) is 0.294. The van der Waals surface area contributed by atoms with E-state index in [0.717, 1.165) is 16.7 Å². The molecular weight excluding hydrogens is 324 g/mol. The van der Waals surface area contributed by atoms with Gasteiger partial charge in [-0.15, -0.1) is 0 Å². The van der Waals surface area contributed by atoms with Crippen LogP contribution in [0.5, 0.6) is 0 Å². The minimum Gasteiger partial charge on any atom is -0.355 e. The van der Waals surface area contributed by atoms with Crippen LogP contribution in [0.15, 0.2) is 48.5 Å². The second-order valence-corrected chi connectivity index (χ2v) is 6.68. The summed E-state index contributed by atoms with van der Waals surface area (Å²) >= 11 is 0. The molecule has 4 heteroatoms. The van der Waals surface area contributed by atoms with Gasteiger partial charge in [0.05, 0.1) is 6.42 Å². The predicted octanol–water partition coefficient (Wildman–Crippen LogP) is 3.40. The zero-order valence-electron chi connectivity index (χ0n) is 16.1. The fourth-order valence-corrected chi connectivity index (χ4v) is 2.87. The summed E-state index contributed by atoms with van der Waals surface area (Å²) in [7, 11) is 0. The van der Waals surface area contributed by atoms with Crippen molar-refractivity contribution in [1.29, 1.82) is 0 Å². The number of carbonyl (C=O) groups excluding carboxylic acids is 2. The summed E-state index contributed by atoms with van der Waals surface area (Å²) in [5.41, 5.74) is 4.27. The van der Waals surface area contributed by atoms with Gasteiger partial charge in [-0.2, -0.15) is 0 Å². The van der Waals surface area contributed by atoms with Crippen molar-refractivity contribution in [2.45, 2.75) is 46.7 Å². The van der Waals surface area contributed by atoms with Crippen LogP contribution in [0.4, 0.5) is 0 Å². The molecule has 0 radical (unpaired) electrons. The third-order valence-corrected chi connectivity index (χ3v) is 4.59. The molecule has 0 aliphatic heterocycles. The van der Waals surface area contributed by atoms with E-state index in [0.29, 0.717) is 19.5 Å². The highest BCUT2D eigenvalue weighted by Gasteiger charge is 2.26. The summed E-state index contributed by atoms with van der Waals surface area (Å²) in [5.74, 6) is -0.170. The van der Waals surface area contributed by atoms with E-state index in [-0.39, 0.29) is 11.8 Å². The Kier molecular flexibility index (Phi) is 6.96. The van der Waals surface area contributed by atoms with Gasteiger partial charge >= 0.3 is 0 Å². The maximum atomic E-state index is 13.0. The molecule has 0 aliphatic carbocycles. The van der Waals surface area contributed by atoms with Crippen LogP contribution in [0.25, 0.3) is 0 Å². The fraction of sp³-hybridized carbons (Fsp3) is 0.364. The summed E-state index contributed by atoms with van der Waals surface area (Å²) in [5, 5.41) is 2.82. The average Bonchev–Trinajstić information content (AvgIpc) is 2.62. The van der Waals surface area contributed by atoms with Crippen molar-refractivity contribution >= 4 is 11.8 Å². The first-order valence-electron chi connectivity index (χ1n) is 9.09. The van der Waals surface area contributed by atoms with Crippen LogP contribution in [0, 0.1) is 13.8 Å². The first-order chi connectivity index (χ1) is 12.4. The van der Waals surface area contributed by atoms with Crippen LogP contribution >= 0.6 is 0 Å². The maximum Gasteiger partial charge on any atom is 0.242 e. The van der Waals surface area contributed by atoms with Crippen molar-refractivity contribution in [3.63, 3.8) is 0 Å². The molecule has 1 atom stereocenters. The van der Waals surface area contributed by atoms with E-state index in [1.807, 2.05) is 69.3 Å². The largest absolute Gasteiger partial charge is 0.355 e. The van der Waals surface area contributed by atoms with Gasteiger partial charge in [-0.05, 0) is 44.4 Å². The molecule has 0 heterocycles. The van der Waals surface area contributed by atoms with E-state index >= 15 is 0 Å². The summed E-state index contributed by atoms with van der Waals surface area (Å²) in [6.45, 7) is 8.66. The van der Waals surface area contributed by atoms with E-state index in [2.05, 4.69) is 5.32 Å². The van der Waals surface area contributed by atoms with E-state index in [1.165, 1.54) is 5.56 Å². The first-order valence-corrected chi connectivity index (χ1v) is 9.09. The molecule has 0 aromatic heterocycles. The lowest BCUT2D eigenvalue weighted by atomic mass is 10.0. The molecule has 0 unspecified atom stereocenters. The Labute approximate surface area is 156 Å². The molecule has 0 aliphatic rings. The monoisotopic (exact) mass is 352 g/mol. The third kappa shape index (κ3) is 5.19. The number of rotatable bonds is 7. The van der Waals surface area contributed by atoms with Crippen molar-refractivity contribution in [3.8, 4) is 0 Å². The molecule has 0 saturated heterocycles. The Morgan fingerprint density at radius 2 is 1.69 bits per heavy atom. The van der Waals surface area contributed by atoms with Crippen LogP contribution in [0.1, 0.15) is 36.1 Å². The van der Waals surface area contributed by atoms with Crippen molar-refractivity contribution in [2.75, 3.05) is 6.54 Å². The lowest BCUT2D eigenvalue weighted by Crippen LogP contribution is -2.48. The fourth-order valence-electron chi connectivity index (χ4n) is 2.87. The van der Waals surface area contributed by atoms with Gasteiger partial charge in [-0.1, -0.05) is 54.1 Å². The number of carbonyl (C=O) groups is 2. The van der Waals surface area contributed by atoms with Gasteiger partial charge in [0.15, 0.2) is 0 Å². The van der Waals surface area contributed by atoms with Crippen LogP contribution < -0.4 is 5.32 Å². The number of aryl methyl sites for hydroxylation is 2. The molecule has 0 fully saturated rings. The molecule has 2 amide bonds. The topological polar surface area (TPSA) is 49.4 Å². The Balaban J connectivity index is 2.23. The number of benzene rings is 2. The van der Waals surface area contributed by atoms with Gasteiger partial charge in [0.1, 0.15) is 6.04 Å². The Bertz CT molecular complexity index is 753. The molecule has 2 aromatic carbocycles. The minimum absolute atomic E-state index is 0.0429. The Hall–Kier alpha value is -2.62. The van der Waals surface area contributed by atoms with E-state index in [1.54, 1.807) is 11.8 Å². The molecule has 4 nitrogen and oxygen atoms in total. The smallest absolute Gasteiger partial charge is 0.242 e. The molecule has 0 saturated carbocycles. The Morgan fingerprint density at radius 1 is 1.04 bits per heavy atom. The van der Waals surface area contributed by atoms with Gasteiger partial charge in [0.25, 0.3) is 0 Å². The molecule has 2 rings (SSSR count). The van der Waals surface area contributed by atoms with Crippen LogP contribution in [-0.4, -0.2) is 29.3 Å². The third-order valence-electron chi connectivity index (χ3n) is 4.59. The maximum absolute atomic E-state index is 13.0. The summed E-state index contributed by atoms with van der Waals surface area (Å²) in [6, 6.07) is 15.4. The summed E-state index contributed by atoms with van der Waals surface area (Å²) < 4.78 is 0. The van der Waals surface area contributed by atoms with Gasteiger partial charge < -0.3 is 10.2 Å². The summed E-state index contributed by atoms with van der Waals surface area (Å²) in [4.78, 5) is 27.0. The van der Waals surface area contributed by atoms with Crippen molar-refractivity contribution in [1.82, 2.24) is 10.2 Å². The highest BCUT2D eigenvalue weighted by Crippen LogP contribution is 2.15. The van der Waals surface area contributed by atoms with Gasteiger partial charge in [0, 0.05) is 13.1 Å². The number of nitrogens with zero attached hydrogens (tertiary/aromatic N) is 1. The first kappa shape index (κ1) is 19.7. The lowest BCUT2D eigenvalue weighted by Gasteiger charge is -2.29. The number of likely N-dealkylation sites (N-methyl/N-ethyl adjacent to an activating group) is 1. The second kappa shape index (κ2) is 9.18. The number of nitrogens with one attached hydrogen (secondary N) is 1. The molecule has 138 valence electrons. The van der Waals surface area contributed by atoms with Gasteiger partial charge in [-0.3, -0.25) is 9.59 Å². The van der Waals surface area contributed by atoms with Crippen LogP contribution in [0.3, 0.4) is 0 Å². The quantitative estimate of drug-likeness (QED) is 0.830. The molecule has 2 aromatic rings. The molecule has 0 bridgehead atoms. The molecule has 1 N–H and O–H groups in total. The minimum atomic E-state index is -0.521. The molecule has 0 spiro atoms. The van der Waals surface area contributed by atoms with E-state index < -0.39 is 6.04 Å². The number of amides is 2. The van der Waals surface area contributed by atoms with Crippen LogP contribution in [0.2, 0.25) is 0 Å². The van der Waals surface area contributed by atoms with Crippen molar-refractivity contribution < 1.29 is 9.59 Å². The Morgan fingerprint density at radius 3 is 2.31 bits per heavy atom.